The summed E-state index contributed by atoms with van der Waals surface area (Å²) in [6, 6.07) is 12.9. The van der Waals surface area contributed by atoms with Gasteiger partial charge in [0.1, 0.15) is 11.8 Å². The van der Waals surface area contributed by atoms with Crippen molar-refractivity contribution in [3.8, 4) is 6.07 Å². The molecular formula is C19H17N3O3. The number of nitriles is 1. The highest BCUT2D eigenvalue weighted by atomic mass is 16.5. The molecule has 2 heterocycles. The molecule has 0 amide bonds. The van der Waals surface area contributed by atoms with Crippen LogP contribution >= 0.6 is 0 Å². The second kappa shape index (κ2) is 7.60. The Hall–Kier alpha value is -3.17. The first-order valence-corrected chi connectivity index (χ1v) is 7.92. The van der Waals surface area contributed by atoms with Gasteiger partial charge in [-0.15, -0.1) is 0 Å². The first-order chi connectivity index (χ1) is 12.2. The zero-order valence-electron chi connectivity index (χ0n) is 13.6. The smallest absolute Gasteiger partial charge is 0.354 e. The Morgan fingerprint density at radius 3 is 2.52 bits per heavy atom. The standard InChI is InChI=1S/C19H17N3O3/c20-13-15-4-8-18(19(23)24)21-17(15)7-3-14-1-5-16(6-2-14)22-9-11-25-12-10-22/h1-8H,9-12H2,(H,23,24). The van der Waals surface area contributed by atoms with Crippen molar-refractivity contribution in [2.45, 2.75) is 0 Å². The highest BCUT2D eigenvalue weighted by molar-refractivity contribution is 5.86. The van der Waals surface area contributed by atoms with Crippen molar-refractivity contribution in [3.05, 3.63) is 58.9 Å². The molecule has 1 aromatic carbocycles. The van der Waals surface area contributed by atoms with Gasteiger partial charge < -0.3 is 14.7 Å². The summed E-state index contributed by atoms with van der Waals surface area (Å²) in [5.74, 6) is -1.12. The SMILES string of the molecule is N#Cc1ccc(C(=O)O)nc1C=Cc1ccc(N2CCOCC2)cc1. The molecule has 1 aliphatic heterocycles. The summed E-state index contributed by atoms with van der Waals surface area (Å²) in [6.45, 7) is 3.24. The molecule has 2 aromatic rings. The molecule has 25 heavy (non-hydrogen) atoms. The minimum atomic E-state index is -1.12. The fourth-order valence-electron chi connectivity index (χ4n) is 2.61. The number of pyridine rings is 1. The van der Waals surface area contributed by atoms with Crippen LogP contribution in [0.3, 0.4) is 0 Å². The number of hydrogen-bond acceptors (Lipinski definition) is 5. The van der Waals surface area contributed by atoms with Gasteiger partial charge in [0.25, 0.3) is 0 Å². The number of carboxylic acids is 1. The summed E-state index contributed by atoms with van der Waals surface area (Å²) in [4.78, 5) is 17.3. The molecule has 1 fully saturated rings. The van der Waals surface area contributed by atoms with Crippen molar-refractivity contribution < 1.29 is 14.6 Å². The van der Waals surface area contributed by atoms with Gasteiger partial charge in [-0.2, -0.15) is 5.26 Å². The summed E-state index contributed by atoms with van der Waals surface area (Å²) in [6.07, 6.45) is 3.48. The molecule has 3 rings (SSSR count). The molecule has 0 atom stereocenters. The van der Waals surface area contributed by atoms with Gasteiger partial charge >= 0.3 is 5.97 Å². The lowest BCUT2D eigenvalue weighted by molar-refractivity contribution is 0.0690. The summed E-state index contributed by atoms with van der Waals surface area (Å²) < 4.78 is 5.35. The maximum absolute atomic E-state index is 11.0. The second-order valence-corrected chi connectivity index (χ2v) is 5.57. The van der Waals surface area contributed by atoms with Gasteiger partial charge in [-0.05, 0) is 35.9 Å². The Balaban J connectivity index is 1.79. The van der Waals surface area contributed by atoms with E-state index in [1.807, 2.05) is 36.4 Å². The molecule has 0 unspecified atom stereocenters. The third-order valence-corrected chi connectivity index (χ3v) is 3.97. The molecule has 0 radical (unpaired) electrons. The molecule has 1 saturated heterocycles. The predicted molar refractivity (Wildman–Crippen MR) is 94.3 cm³/mol. The Bertz CT molecular complexity index is 832. The molecule has 1 aromatic heterocycles. The zero-order chi connectivity index (χ0) is 17.6. The van der Waals surface area contributed by atoms with Gasteiger partial charge in [0, 0.05) is 18.8 Å². The molecule has 0 aliphatic carbocycles. The number of anilines is 1. The van der Waals surface area contributed by atoms with E-state index < -0.39 is 5.97 Å². The summed E-state index contributed by atoms with van der Waals surface area (Å²) >= 11 is 0. The Morgan fingerprint density at radius 1 is 1.16 bits per heavy atom. The third-order valence-electron chi connectivity index (χ3n) is 3.97. The largest absolute Gasteiger partial charge is 0.477 e. The van der Waals surface area contributed by atoms with Crippen molar-refractivity contribution in [3.63, 3.8) is 0 Å². The van der Waals surface area contributed by atoms with E-state index in [-0.39, 0.29) is 5.69 Å². The van der Waals surface area contributed by atoms with E-state index >= 15 is 0 Å². The van der Waals surface area contributed by atoms with Crippen LogP contribution in [0, 0.1) is 11.3 Å². The lowest BCUT2D eigenvalue weighted by Gasteiger charge is -2.28. The molecule has 0 spiro atoms. The number of aromatic carboxylic acids is 1. The predicted octanol–water partition coefficient (Wildman–Crippen LogP) is 2.66. The Kier molecular flexibility index (Phi) is 5.07. The van der Waals surface area contributed by atoms with Crippen LogP contribution in [0.25, 0.3) is 12.2 Å². The molecule has 1 N–H and O–H groups in total. The normalized spacial score (nSPS) is 14.4. The minimum absolute atomic E-state index is 0.0821. The zero-order valence-corrected chi connectivity index (χ0v) is 13.6. The number of morpholine rings is 1. The van der Waals surface area contributed by atoms with Crippen LogP contribution in [0.5, 0.6) is 0 Å². The Labute approximate surface area is 145 Å². The van der Waals surface area contributed by atoms with Crippen LogP contribution in [-0.4, -0.2) is 42.4 Å². The van der Waals surface area contributed by atoms with Crippen LogP contribution in [0.1, 0.15) is 27.3 Å². The van der Waals surface area contributed by atoms with Gasteiger partial charge in [0.05, 0.1) is 24.5 Å². The summed E-state index contributed by atoms with van der Waals surface area (Å²) in [7, 11) is 0. The average Bonchev–Trinajstić information content (AvgIpc) is 2.67. The first-order valence-electron chi connectivity index (χ1n) is 7.92. The van der Waals surface area contributed by atoms with E-state index in [4.69, 9.17) is 15.1 Å². The molecule has 1 aliphatic rings. The maximum atomic E-state index is 11.0. The fourth-order valence-corrected chi connectivity index (χ4v) is 2.61. The number of rotatable bonds is 4. The first kappa shape index (κ1) is 16.7. The molecule has 6 nitrogen and oxygen atoms in total. The minimum Gasteiger partial charge on any atom is -0.477 e. The topological polar surface area (TPSA) is 86.5 Å². The van der Waals surface area contributed by atoms with Crippen molar-refractivity contribution >= 4 is 23.8 Å². The van der Waals surface area contributed by atoms with Crippen LogP contribution in [0.2, 0.25) is 0 Å². The van der Waals surface area contributed by atoms with E-state index in [9.17, 15) is 4.79 Å². The number of carboxylic acid groups (broad SMARTS) is 1. The number of nitrogens with zero attached hydrogens (tertiary/aromatic N) is 3. The van der Waals surface area contributed by atoms with E-state index in [0.717, 1.165) is 37.6 Å². The molecule has 6 heteroatoms. The van der Waals surface area contributed by atoms with E-state index in [1.54, 1.807) is 6.08 Å². The second-order valence-electron chi connectivity index (χ2n) is 5.57. The van der Waals surface area contributed by atoms with Gasteiger partial charge in [-0.1, -0.05) is 18.2 Å². The van der Waals surface area contributed by atoms with Gasteiger partial charge in [-0.3, -0.25) is 0 Å². The lowest BCUT2D eigenvalue weighted by atomic mass is 10.1. The number of benzene rings is 1. The van der Waals surface area contributed by atoms with Crippen molar-refractivity contribution in [1.29, 1.82) is 5.26 Å². The molecule has 0 bridgehead atoms. The van der Waals surface area contributed by atoms with Crippen molar-refractivity contribution in [2.24, 2.45) is 0 Å². The van der Waals surface area contributed by atoms with Crippen LogP contribution in [0.4, 0.5) is 5.69 Å². The molecule has 126 valence electrons. The highest BCUT2D eigenvalue weighted by Crippen LogP contribution is 2.18. The third kappa shape index (κ3) is 4.03. The summed E-state index contributed by atoms with van der Waals surface area (Å²) in [5, 5.41) is 18.2. The molecular weight excluding hydrogens is 318 g/mol. The highest BCUT2D eigenvalue weighted by Gasteiger charge is 2.11. The quantitative estimate of drug-likeness (QED) is 0.924. The lowest BCUT2D eigenvalue weighted by Crippen LogP contribution is -2.36. The van der Waals surface area contributed by atoms with Crippen LogP contribution in [-0.2, 0) is 4.74 Å². The van der Waals surface area contributed by atoms with Gasteiger partial charge in [-0.25, -0.2) is 9.78 Å². The Morgan fingerprint density at radius 2 is 1.88 bits per heavy atom. The number of aromatic nitrogens is 1. The van der Waals surface area contributed by atoms with Crippen molar-refractivity contribution in [1.82, 2.24) is 4.98 Å². The molecule has 0 saturated carbocycles. The number of ether oxygens (including phenoxy) is 1. The maximum Gasteiger partial charge on any atom is 0.354 e. The van der Waals surface area contributed by atoms with Crippen LogP contribution in [0.15, 0.2) is 36.4 Å². The van der Waals surface area contributed by atoms with Crippen LogP contribution < -0.4 is 4.90 Å². The van der Waals surface area contributed by atoms with Crippen molar-refractivity contribution in [2.75, 3.05) is 31.2 Å². The van der Waals surface area contributed by atoms with E-state index in [2.05, 4.69) is 9.88 Å². The number of carbonyl (C=O) groups is 1. The van der Waals surface area contributed by atoms with E-state index in [0.29, 0.717) is 11.3 Å². The van der Waals surface area contributed by atoms with Gasteiger partial charge in [0.2, 0.25) is 0 Å². The average molecular weight is 335 g/mol. The summed E-state index contributed by atoms with van der Waals surface area (Å²) in [5.41, 5.74) is 2.69. The number of hydrogen-bond donors (Lipinski definition) is 1. The van der Waals surface area contributed by atoms with Gasteiger partial charge in [0.15, 0.2) is 0 Å². The monoisotopic (exact) mass is 335 g/mol. The van der Waals surface area contributed by atoms with E-state index in [1.165, 1.54) is 12.1 Å². The fraction of sp³-hybridized carbons (Fsp3) is 0.211.